The van der Waals surface area contributed by atoms with Gasteiger partial charge in [0.05, 0.1) is 5.41 Å². The summed E-state index contributed by atoms with van der Waals surface area (Å²) in [6, 6.07) is 93.6. The van der Waals surface area contributed by atoms with Crippen LogP contribution in [-0.2, 0) is 5.41 Å². The first-order valence-electron chi connectivity index (χ1n) is 25.4. The number of hydrogen-bond acceptors (Lipinski definition) is 5. The predicted octanol–water partition coefficient (Wildman–Crippen LogP) is 18.5. The maximum absolute atomic E-state index is 6.64. The van der Waals surface area contributed by atoms with Crippen LogP contribution < -0.4 is 0 Å². The predicted molar refractivity (Wildman–Crippen MR) is 310 cm³/mol. The van der Waals surface area contributed by atoms with Crippen molar-refractivity contribution >= 4 is 53.4 Å². The van der Waals surface area contributed by atoms with Crippen molar-refractivity contribution in [2.75, 3.05) is 0 Å². The lowest BCUT2D eigenvalue weighted by molar-refractivity contribution is 0.669. The molecule has 0 aliphatic heterocycles. The van der Waals surface area contributed by atoms with Gasteiger partial charge in [-0.2, -0.15) is 0 Å². The Morgan fingerprint density at radius 1 is 0.307 bits per heavy atom. The van der Waals surface area contributed by atoms with Crippen molar-refractivity contribution in [1.29, 1.82) is 0 Å². The topological polar surface area (TPSA) is 51.8 Å². The highest BCUT2D eigenvalue weighted by molar-refractivity contribution is 7.26. The summed E-state index contributed by atoms with van der Waals surface area (Å²) < 4.78 is 9.02. The molecule has 14 aromatic rings. The Labute approximate surface area is 437 Å². The standard InChI is InChI=1S/C70H43N3OS/c1-4-17-44(18-5-1)47-19-14-20-50(41-47)67-71-68(73-69(72-67)58-29-15-27-56-55-26-11-13-32-64(55)75-66(56)58)57-28-16-31-63-65(57)59-42-48(38-40-62(59)74-63)45-33-35-46(36-34-45)49-37-39-54-53-25-10-12-30-60(53)70(61(54)43-49,51-21-6-2-7-22-51)52-23-8-3-9-24-52/h1-43H. The zero-order chi connectivity index (χ0) is 49.5. The van der Waals surface area contributed by atoms with Gasteiger partial charge >= 0.3 is 0 Å². The molecule has 3 heterocycles. The normalized spacial score (nSPS) is 12.6. The van der Waals surface area contributed by atoms with E-state index in [1.807, 2.05) is 18.2 Å². The molecule has 350 valence electrons. The van der Waals surface area contributed by atoms with Gasteiger partial charge in [0.2, 0.25) is 0 Å². The van der Waals surface area contributed by atoms with Crippen LogP contribution in [0.25, 0.3) is 121 Å². The molecule has 1 aliphatic rings. The SMILES string of the molecule is c1ccc(-c2cccc(-c3nc(-c4cccc5c4sc4ccccc45)nc(-c4cccc5oc6ccc(-c7ccc(-c8ccc9c(c8)C(c8ccccc8)(c8ccccc8)c8ccccc8-9)cc7)cc6c45)n3)c2)cc1. The highest BCUT2D eigenvalue weighted by atomic mass is 32.1. The quantitative estimate of drug-likeness (QED) is 0.152. The van der Waals surface area contributed by atoms with E-state index in [0.29, 0.717) is 17.5 Å². The molecule has 0 saturated heterocycles. The van der Waals surface area contributed by atoms with Gasteiger partial charge in [-0.3, -0.25) is 0 Å². The number of furan rings is 1. The van der Waals surface area contributed by atoms with E-state index >= 15 is 0 Å². The van der Waals surface area contributed by atoms with Crippen LogP contribution in [0.2, 0.25) is 0 Å². The molecule has 4 nitrogen and oxygen atoms in total. The van der Waals surface area contributed by atoms with Crippen LogP contribution >= 0.6 is 11.3 Å². The molecule has 0 N–H and O–H groups in total. The lowest BCUT2D eigenvalue weighted by Gasteiger charge is -2.34. The summed E-state index contributed by atoms with van der Waals surface area (Å²) in [6.45, 7) is 0. The van der Waals surface area contributed by atoms with Crippen LogP contribution in [0.1, 0.15) is 22.3 Å². The number of aromatic nitrogens is 3. The lowest BCUT2D eigenvalue weighted by Crippen LogP contribution is -2.28. The molecule has 1 aliphatic carbocycles. The molecule has 0 radical (unpaired) electrons. The van der Waals surface area contributed by atoms with Crippen molar-refractivity contribution < 1.29 is 4.42 Å². The average molecular weight is 974 g/mol. The van der Waals surface area contributed by atoms with E-state index < -0.39 is 5.41 Å². The van der Waals surface area contributed by atoms with Crippen molar-refractivity contribution in [3.05, 3.63) is 283 Å². The summed E-state index contributed by atoms with van der Waals surface area (Å²) in [5.74, 6) is 1.82. The van der Waals surface area contributed by atoms with Crippen molar-refractivity contribution in [3.63, 3.8) is 0 Å². The van der Waals surface area contributed by atoms with Crippen molar-refractivity contribution in [2.45, 2.75) is 5.41 Å². The van der Waals surface area contributed by atoms with Crippen molar-refractivity contribution in [3.8, 4) is 78.7 Å². The Bertz CT molecular complexity index is 4480. The fraction of sp³-hybridized carbons (Fsp3) is 0.0143. The molecule has 0 amide bonds. The fourth-order valence-electron chi connectivity index (χ4n) is 11.8. The average Bonchev–Trinajstić information content (AvgIpc) is 4.17. The van der Waals surface area contributed by atoms with E-state index in [1.54, 1.807) is 11.3 Å². The van der Waals surface area contributed by atoms with Gasteiger partial charge in [0.25, 0.3) is 0 Å². The molecular formula is C70H43N3OS. The first kappa shape index (κ1) is 43.1. The van der Waals surface area contributed by atoms with E-state index in [0.717, 1.165) is 71.1 Å². The first-order valence-corrected chi connectivity index (χ1v) is 26.2. The second-order valence-corrected chi connectivity index (χ2v) is 20.4. The van der Waals surface area contributed by atoms with E-state index in [1.165, 1.54) is 54.4 Å². The molecule has 0 saturated carbocycles. The lowest BCUT2D eigenvalue weighted by atomic mass is 9.67. The van der Waals surface area contributed by atoms with Gasteiger partial charge in [-0.1, -0.05) is 218 Å². The summed E-state index contributed by atoms with van der Waals surface area (Å²) in [7, 11) is 0. The van der Waals surface area contributed by atoms with Crippen LogP contribution in [-0.4, -0.2) is 15.0 Å². The van der Waals surface area contributed by atoms with Crippen LogP contribution in [0.15, 0.2) is 265 Å². The third-order valence-corrected chi connectivity index (χ3v) is 16.5. The van der Waals surface area contributed by atoms with Gasteiger partial charge in [0, 0.05) is 47.6 Å². The molecule has 5 heteroatoms. The maximum atomic E-state index is 6.64. The minimum atomic E-state index is -0.461. The minimum Gasteiger partial charge on any atom is -0.456 e. The molecular weight excluding hydrogens is 931 g/mol. The zero-order valence-corrected chi connectivity index (χ0v) is 41.3. The fourth-order valence-corrected chi connectivity index (χ4v) is 13.0. The number of rotatable bonds is 8. The zero-order valence-electron chi connectivity index (χ0n) is 40.5. The Hall–Kier alpha value is -9.55. The van der Waals surface area contributed by atoms with Crippen LogP contribution in [0.5, 0.6) is 0 Å². The molecule has 15 rings (SSSR count). The summed E-state index contributed by atoms with van der Waals surface area (Å²) >= 11 is 1.78. The van der Waals surface area contributed by atoms with Crippen LogP contribution in [0.3, 0.4) is 0 Å². The smallest absolute Gasteiger partial charge is 0.165 e. The molecule has 0 spiro atoms. The minimum absolute atomic E-state index is 0.461. The molecule has 75 heavy (non-hydrogen) atoms. The molecule has 0 fully saturated rings. The van der Waals surface area contributed by atoms with E-state index in [9.17, 15) is 0 Å². The summed E-state index contributed by atoms with van der Waals surface area (Å²) in [5, 5.41) is 4.39. The second kappa shape index (κ2) is 17.3. The van der Waals surface area contributed by atoms with E-state index in [2.05, 4.69) is 243 Å². The van der Waals surface area contributed by atoms with Gasteiger partial charge in [-0.25, -0.2) is 15.0 Å². The van der Waals surface area contributed by atoms with Crippen LogP contribution in [0.4, 0.5) is 0 Å². The monoisotopic (exact) mass is 973 g/mol. The molecule has 0 atom stereocenters. The maximum Gasteiger partial charge on any atom is 0.165 e. The highest BCUT2D eigenvalue weighted by Gasteiger charge is 2.46. The van der Waals surface area contributed by atoms with Gasteiger partial charge in [-0.05, 0) is 109 Å². The molecule has 3 aromatic heterocycles. The Balaban J connectivity index is 0.847. The summed E-state index contributed by atoms with van der Waals surface area (Å²) in [4.78, 5) is 16.0. The largest absolute Gasteiger partial charge is 0.456 e. The first-order chi connectivity index (χ1) is 37.2. The van der Waals surface area contributed by atoms with E-state index in [4.69, 9.17) is 19.4 Å². The Kier molecular flexibility index (Phi) is 9.94. The van der Waals surface area contributed by atoms with Gasteiger partial charge in [-0.15, -0.1) is 11.3 Å². The number of thiophene rings is 1. The van der Waals surface area contributed by atoms with Crippen LogP contribution in [0, 0.1) is 0 Å². The third kappa shape index (κ3) is 6.93. The number of fused-ring (bicyclic) bond motifs is 9. The van der Waals surface area contributed by atoms with Gasteiger partial charge in [0.1, 0.15) is 11.2 Å². The molecule has 0 unspecified atom stereocenters. The van der Waals surface area contributed by atoms with Gasteiger partial charge in [0.15, 0.2) is 17.5 Å². The highest BCUT2D eigenvalue weighted by Crippen LogP contribution is 2.57. The Morgan fingerprint density at radius 2 is 0.827 bits per heavy atom. The van der Waals surface area contributed by atoms with Crippen molar-refractivity contribution in [2.24, 2.45) is 0 Å². The molecule has 11 aromatic carbocycles. The number of nitrogens with zero attached hydrogens (tertiary/aromatic N) is 3. The summed E-state index contributed by atoms with van der Waals surface area (Å²) in [5.41, 5.74) is 18.3. The molecule has 0 bridgehead atoms. The second-order valence-electron chi connectivity index (χ2n) is 19.4. The number of benzene rings is 11. The van der Waals surface area contributed by atoms with Gasteiger partial charge < -0.3 is 4.42 Å². The van der Waals surface area contributed by atoms with Crippen molar-refractivity contribution in [1.82, 2.24) is 15.0 Å². The van der Waals surface area contributed by atoms with E-state index in [-0.39, 0.29) is 0 Å². The summed E-state index contributed by atoms with van der Waals surface area (Å²) in [6.07, 6.45) is 0. The third-order valence-electron chi connectivity index (χ3n) is 15.3. The Morgan fingerprint density at radius 3 is 1.61 bits per heavy atom. The number of hydrogen-bond donors (Lipinski definition) is 0.